The number of aromatic nitrogens is 1. The van der Waals surface area contributed by atoms with Crippen molar-refractivity contribution in [3.63, 3.8) is 0 Å². The Morgan fingerprint density at radius 2 is 1.57 bits per heavy atom. The Balaban J connectivity index is 1.59. The molecule has 10 heteroatoms. The van der Waals surface area contributed by atoms with Crippen LogP contribution in [0.5, 0.6) is 0 Å². The smallest absolute Gasteiger partial charge is 0.263 e. The van der Waals surface area contributed by atoms with E-state index < -0.39 is 10.0 Å². The van der Waals surface area contributed by atoms with Crippen molar-refractivity contribution in [1.29, 1.82) is 0 Å². The molecule has 0 bridgehead atoms. The zero-order valence-corrected chi connectivity index (χ0v) is 17.9. The molecule has 1 heterocycles. The number of rotatable bonds is 7. The average molecular weight is 445 g/mol. The fourth-order valence-corrected chi connectivity index (χ4v) is 4.50. The van der Waals surface area contributed by atoms with E-state index in [1.54, 1.807) is 41.8 Å². The quantitative estimate of drug-likeness (QED) is 0.516. The molecule has 0 atom stereocenters. The number of nitrogens with zero attached hydrogens (tertiary/aromatic N) is 1. The summed E-state index contributed by atoms with van der Waals surface area (Å²) in [7, 11) is -3.74. The van der Waals surface area contributed by atoms with Gasteiger partial charge in [-0.15, -0.1) is 11.3 Å². The Kier molecular flexibility index (Phi) is 6.48. The number of sulfonamides is 1. The molecular formula is C20H20N4O4S2. The van der Waals surface area contributed by atoms with Crippen molar-refractivity contribution in [3.8, 4) is 0 Å². The van der Waals surface area contributed by atoms with Gasteiger partial charge in [-0.1, -0.05) is 17.7 Å². The van der Waals surface area contributed by atoms with Gasteiger partial charge in [0.2, 0.25) is 11.8 Å². The number of amides is 2. The van der Waals surface area contributed by atoms with Crippen molar-refractivity contribution in [2.45, 2.75) is 25.2 Å². The molecule has 0 aliphatic rings. The van der Waals surface area contributed by atoms with Gasteiger partial charge in [-0.2, -0.15) is 0 Å². The maximum absolute atomic E-state index is 12.4. The maximum atomic E-state index is 12.4. The molecule has 3 rings (SSSR count). The van der Waals surface area contributed by atoms with Crippen LogP contribution in [0.15, 0.2) is 58.8 Å². The summed E-state index contributed by atoms with van der Waals surface area (Å²) in [4.78, 5) is 27.6. The molecule has 8 nitrogen and oxygen atoms in total. The predicted molar refractivity (Wildman–Crippen MR) is 117 cm³/mol. The molecule has 0 aliphatic heterocycles. The lowest BCUT2D eigenvalue weighted by Gasteiger charge is -2.06. The zero-order chi connectivity index (χ0) is 21.7. The van der Waals surface area contributed by atoms with Crippen LogP contribution in [-0.4, -0.2) is 25.2 Å². The molecule has 3 aromatic rings. The molecule has 0 spiro atoms. The Morgan fingerprint density at radius 1 is 0.967 bits per heavy atom. The second kappa shape index (κ2) is 9.06. The lowest BCUT2D eigenvalue weighted by atomic mass is 10.2. The fourth-order valence-electron chi connectivity index (χ4n) is 2.54. The maximum Gasteiger partial charge on any atom is 0.263 e. The summed E-state index contributed by atoms with van der Waals surface area (Å²) < 4.78 is 27.3. The van der Waals surface area contributed by atoms with Crippen molar-refractivity contribution >= 4 is 49.7 Å². The molecule has 0 aliphatic carbocycles. The predicted octanol–water partition coefficient (Wildman–Crippen LogP) is 3.39. The number of hydrogen-bond acceptors (Lipinski definition) is 6. The number of aryl methyl sites for hydroxylation is 1. The van der Waals surface area contributed by atoms with E-state index in [1.165, 1.54) is 19.1 Å². The van der Waals surface area contributed by atoms with Crippen LogP contribution in [-0.2, 0) is 26.0 Å². The van der Waals surface area contributed by atoms with Crippen LogP contribution < -0.4 is 15.4 Å². The van der Waals surface area contributed by atoms with Gasteiger partial charge >= 0.3 is 0 Å². The van der Waals surface area contributed by atoms with Crippen LogP contribution in [0.4, 0.5) is 16.5 Å². The highest BCUT2D eigenvalue weighted by Crippen LogP contribution is 2.21. The minimum absolute atomic E-state index is 0.00376. The Morgan fingerprint density at radius 3 is 2.17 bits per heavy atom. The van der Waals surface area contributed by atoms with Crippen molar-refractivity contribution in [1.82, 2.24) is 4.98 Å². The number of benzene rings is 2. The van der Waals surface area contributed by atoms with Gasteiger partial charge in [0.15, 0.2) is 5.13 Å². The second-order valence-electron chi connectivity index (χ2n) is 6.55. The second-order valence-corrected chi connectivity index (χ2v) is 9.09. The van der Waals surface area contributed by atoms with E-state index in [2.05, 4.69) is 20.3 Å². The summed E-state index contributed by atoms with van der Waals surface area (Å²) in [6.45, 7) is 3.29. The molecule has 0 unspecified atom stereocenters. The first kappa shape index (κ1) is 21.5. The fraction of sp³-hybridized carbons (Fsp3) is 0.150. The Bertz CT molecular complexity index is 1150. The number of anilines is 3. The van der Waals surface area contributed by atoms with Crippen LogP contribution in [0.25, 0.3) is 0 Å². The highest BCUT2D eigenvalue weighted by atomic mass is 32.2. The lowest BCUT2D eigenvalue weighted by molar-refractivity contribution is -0.116. The molecule has 0 radical (unpaired) electrons. The first-order valence-electron chi connectivity index (χ1n) is 8.93. The molecule has 3 N–H and O–H groups in total. The van der Waals surface area contributed by atoms with Crippen molar-refractivity contribution < 1.29 is 18.0 Å². The van der Waals surface area contributed by atoms with Gasteiger partial charge in [0, 0.05) is 23.7 Å². The number of carbonyl (C=O) groups is 2. The van der Waals surface area contributed by atoms with Gasteiger partial charge in [0.25, 0.3) is 10.0 Å². The topological polar surface area (TPSA) is 117 Å². The summed E-state index contributed by atoms with van der Waals surface area (Å²) in [6, 6.07) is 13.2. The third-order valence-electron chi connectivity index (χ3n) is 3.94. The standard InChI is InChI=1S/C20H20N4O4S2/c1-13-3-9-18(10-4-13)30(27,28)24-20-23-17(12-29-20)11-19(26)22-16-7-5-15(6-8-16)21-14(2)25/h3-10,12H,11H2,1-2H3,(H,21,25)(H,22,26)(H,23,24). The van der Waals surface area contributed by atoms with Gasteiger partial charge < -0.3 is 10.6 Å². The SMILES string of the molecule is CC(=O)Nc1ccc(NC(=O)Cc2csc(NS(=O)(=O)c3ccc(C)cc3)n2)cc1. The van der Waals surface area contributed by atoms with Gasteiger partial charge in [0.05, 0.1) is 17.0 Å². The van der Waals surface area contributed by atoms with E-state index in [0.29, 0.717) is 17.1 Å². The molecule has 30 heavy (non-hydrogen) atoms. The summed E-state index contributed by atoms with van der Waals surface area (Å²) >= 11 is 1.11. The first-order valence-corrected chi connectivity index (χ1v) is 11.3. The van der Waals surface area contributed by atoms with Crippen LogP contribution in [0.2, 0.25) is 0 Å². The highest BCUT2D eigenvalue weighted by Gasteiger charge is 2.16. The van der Waals surface area contributed by atoms with E-state index in [4.69, 9.17) is 0 Å². The Hall–Kier alpha value is -3.24. The van der Waals surface area contributed by atoms with Crippen LogP contribution in [0.3, 0.4) is 0 Å². The largest absolute Gasteiger partial charge is 0.326 e. The minimum atomic E-state index is -3.74. The van der Waals surface area contributed by atoms with Crippen LogP contribution in [0.1, 0.15) is 18.2 Å². The average Bonchev–Trinajstić information content (AvgIpc) is 3.09. The molecule has 156 valence electrons. The van der Waals surface area contributed by atoms with E-state index >= 15 is 0 Å². The summed E-state index contributed by atoms with van der Waals surface area (Å²) in [5.41, 5.74) is 2.62. The number of carbonyl (C=O) groups excluding carboxylic acids is 2. The van der Waals surface area contributed by atoms with Gasteiger partial charge in [-0.3, -0.25) is 14.3 Å². The van der Waals surface area contributed by atoms with Crippen LogP contribution in [0, 0.1) is 6.92 Å². The van der Waals surface area contributed by atoms with E-state index in [0.717, 1.165) is 16.9 Å². The number of nitrogens with one attached hydrogen (secondary N) is 3. The van der Waals surface area contributed by atoms with Gasteiger partial charge in [0.1, 0.15) is 0 Å². The Labute approximate surface area is 178 Å². The summed E-state index contributed by atoms with van der Waals surface area (Å²) in [5.74, 6) is -0.468. The van der Waals surface area contributed by atoms with Gasteiger partial charge in [-0.05, 0) is 43.3 Å². The number of thiazole rings is 1. The minimum Gasteiger partial charge on any atom is -0.326 e. The third-order valence-corrected chi connectivity index (χ3v) is 6.23. The van der Waals surface area contributed by atoms with Crippen molar-refractivity contribution in [2.75, 3.05) is 15.4 Å². The summed E-state index contributed by atoms with van der Waals surface area (Å²) in [6.07, 6.45) is -0.00376. The highest BCUT2D eigenvalue weighted by molar-refractivity contribution is 7.93. The number of hydrogen-bond donors (Lipinski definition) is 3. The molecule has 1 aromatic heterocycles. The monoisotopic (exact) mass is 444 g/mol. The molecule has 0 saturated carbocycles. The summed E-state index contributed by atoms with van der Waals surface area (Å²) in [5, 5.41) is 7.20. The van der Waals surface area contributed by atoms with E-state index in [9.17, 15) is 18.0 Å². The third kappa shape index (κ3) is 5.88. The molecule has 0 fully saturated rings. The molecule has 0 saturated heterocycles. The first-order chi connectivity index (χ1) is 14.2. The lowest BCUT2D eigenvalue weighted by Crippen LogP contribution is -2.15. The van der Waals surface area contributed by atoms with Crippen molar-refractivity contribution in [3.05, 3.63) is 65.2 Å². The van der Waals surface area contributed by atoms with E-state index in [-0.39, 0.29) is 28.3 Å². The van der Waals surface area contributed by atoms with E-state index in [1.807, 2.05) is 6.92 Å². The zero-order valence-electron chi connectivity index (χ0n) is 16.3. The molecule has 2 amide bonds. The molecule has 2 aromatic carbocycles. The van der Waals surface area contributed by atoms with Crippen molar-refractivity contribution in [2.24, 2.45) is 0 Å². The van der Waals surface area contributed by atoms with Crippen LogP contribution >= 0.6 is 11.3 Å². The normalized spacial score (nSPS) is 11.0. The van der Waals surface area contributed by atoms with Gasteiger partial charge in [-0.25, -0.2) is 13.4 Å². The molecular weight excluding hydrogens is 424 g/mol.